The van der Waals surface area contributed by atoms with Gasteiger partial charge in [-0.15, -0.1) is 11.3 Å². The van der Waals surface area contributed by atoms with Gasteiger partial charge in [0.05, 0.1) is 12.7 Å². The second kappa shape index (κ2) is 10.3. The third-order valence-electron chi connectivity index (χ3n) is 3.55. The minimum Gasteiger partial charge on any atom is -0.376 e. The molecule has 1 N–H and O–H groups in total. The van der Waals surface area contributed by atoms with Crippen LogP contribution in [0.4, 0.5) is 0 Å². The molecule has 1 aliphatic heterocycles. The van der Waals surface area contributed by atoms with Crippen molar-refractivity contribution in [1.29, 1.82) is 0 Å². The van der Waals surface area contributed by atoms with Crippen molar-refractivity contribution in [1.82, 2.24) is 5.32 Å². The van der Waals surface area contributed by atoms with E-state index in [4.69, 9.17) is 9.47 Å². The normalized spacial score (nSPS) is 19.8. The van der Waals surface area contributed by atoms with E-state index in [2.05, 4.69) is 22.8 Å². The molecule has 0 aromatic carbocycles. The number of carbonyl (C=O) groups is 1. The fourth-order valence-corrected chi connectivity index (χ4v) is 3.92. The van der Waals surface area contributed by atoms with Crippen molar-refractivity contribution in [2.45, 2.75) is 44.1 Å². The first-order valence-electron chi connectivity index (χ1n) is 7.87. The van der Waals surface area contributed by atoms with E-state index in [1.807, 2.05) is 11.8 Å². The summed E-state index contributed by atoms with van der Waals surface area (Å²) in [5, 5.41) is 5.02. The molecule has 0 aliphatic carbocycles. The number of hydrogen-bond donors (Lipinski definition) is 1. The zero-order valence-corrected chi connectivity index (χ0v) is 14.7. The Morgan fingerprint density at radius 3 is 3.23 bits per heavy atom. The molecule has 0 radical (unpaired) electrons. The van der Waals surface area contributed by atoms with Gasteiger partial charge in [-0.05, 0) is 37.6 Å². The Kier molecular flexibility index (Phi) is 8.30. The second-order valence-electron chi connectivity index (χ2n) is 5.39. The highest BCUT2D eigenvalue weighted by Crippen LogP contribution is 2.16. The summed E-state index contributed by atoms with van der Waals surface area (Å²) in [7, 11) is 0. The number of thiophene rings is 1. The van der Waals surface area contributed by atoms with Crippen molar-refractivity contribution in [3.63, 3.8) is 0 Å². The highest BCUT2D eigenvalue weighted by atomic mass is 32.2. The van der Waals surface area contributed by atoms with Gasteiger partial charge in [-0.1, -0.05) is 6.07 Å². The van der Waals surface area contributed by atoms with Gasteiger partial charge in [0.1, 0.15) is 6.10 Å². The van der Waals surface area contributed by atoms with Crippen molar-refractivity contribution in [2.24, 2.45) is 0 Å². The Hall–Kier alpha value is -0.560. The van der Waals surface area contributed by atoms with Gasteiger partial charge in [0.2, 0.25) is 5.91 Å². The summed E-state index contributed by atoms with van der Waals surface area (Å²) in [6.45, 7) is 3.82. The first kappa shape index (κ1) is 17.8. The van der Waals surface area contributed by atoms with E-state index < -0.39 is 6.10 Å². The van der Waals surface area contributed by atoms with Crippen LogP contribution in [0.2, 0.25) is 0 Å². The molecule has 6 heteroatoms. The number of hydrogen-bond acceptors (Lipinski definition) is 5. The van der Waals surface area contributed by atoms with Gasteiger partial charge in [0, 0.05) is 29.5 Å². The number of thioether (sulfide) groups is 1. The van der Waals surface area contributed by atoms with Crippen LogP contribution in [0.25, 0.3) is 0 Å². The summed E-state index contributed by atoms with van der Waals surface area (Å²) in [5.74, 6) is 1.90. The van der Waals surface area contributed by atoms with E-state index in [1.54, 1.807) is 18.3 Å². The molecule has 1 amide bonds. The van der Waals surface area contributed by atoms with Crippen LogP contribution in [-0.2, 0) is 20.0 Å². The topological polar surface area (TPSA) is 47.6 Å². The summed E-state index contributed by atoms with van der Waals surface area (Å²) in [4.78, 5) is 13.3. The van der Waals surface area contributed by atoms with Gasteiger partial charge in [0.25, 0.3) is 0 Å². The molecule has 1 saturated heterocycles. The van der Waals surface area contributed by atoms with Crippen molar-refractivity contribution in [2.75, 3.05) is 25.5 Å². The minimum absolute atomic E-state index is 0.0347. The fraction of sp³-hybridized carbons (Fsp3) is 0.688. The first-order chi connectivity index (χ1) is 10.8. The van der Waals surface area contributed by atoms with E-state index in [9.17, 15) is 4.79 Å². The van der Waals surface area contributed by atoms with E-state index in [1.165, 1.54) is 11.3 Å². The standard InChI is InChI=1S/C16H25NO3S2/c1-13(20-11-14-5-2-3-8-19-14)16(18)17-7-10-21-12-15-6-4-9-22-15/h4,6,9,13-14H,2-3,5,7-8,10-12H2,1H3,(H,17,18)/t13-,14+/m0/s1. The monoisotopic (exact) mass is 343 g/mol. The van der Waals surface area contributed by atoms with E-state index in [0.29, 0.717) is 13.2 Å². The summed E-state index contributed by atoms with van der Waals surface area (Å²) < 4.78 is 11.2. The van der Waals surface area contributed by atoms with E-state index >= 15 is 0 Å². The highest BCUT2D eigenvalue weighted by Gasteiger charge is 2.18. The minimum atomic E-state index is -0.409. The van der Waals surface area contributed by atoms with Crippen molar-refractivity contribution in [3.8, 4) is 0 Å². The molecule has 0 saturated carbocycles. The molecule has 1 aromatic heterocycles. The van der Waals surface area contributed by atoms with Gasteiger partial charge in [-0.2, -0.15) is 11.8 Å². The molecule has 2 heterocycles. The number of ether oxygens (including phenoxy) is 2. The van der Waals surface area contributed by atoms with Crippen molar-refractivity contribution >= 4 is 29.0 Å². The molecule has 1 aromatic rings. The van der Waals surface area contributed by atoms with Crippen LogP contribution >= 0.6 is 23.1 Å². The average Bonchev–Trinajstić information content (AvgIpc) is 3.06. The van der Waals surface area contributed by atoms with Crippen LogP contribution in [0.3, 0.4) is 0 Å². The predicted octanol–water partition coefficient (Wildman–Crippen LogP) is 3.07. The first-order valence-corrected chi connectivity index (χ1v) is 9.90. The van der Waals surface area contributed by atoms with E-state index in [0.717, 1.165) is 31.0 Å². The highest BCUT2D eigenvalue weighted by molar-refractivity contribution is 7.98. The molecule has 22 heavy (non-hydrogen) atoms. The van der Waals surface area contributed by atoms with Gasteiger partial charge in [0.15, 0.2) is 0 Å². The molecule has 1 fully saturated rings. The maximum atomic E-state index is 11.9. The SMILES string of the molecule is C[C@H](OC[C@H]1CCCCO1)C(=O)NCCSCc1cccs1. The molecular formula is C16H25NO3S2. The zero-order chi connectivity index (χ0) is 15.6. The van der Waals surface area contributed by atoms with Crippen LogP contribution in [0.5, 0.6) is 0 Å². The van der Waals surface area contributed by atoms with Gasteiger partial charge in [-0.25, -0.2) is 0 Å². The van der Waals surface area contributed by atoms with Gasteiger partial charge < -0.3 is 14.8 Å². The fourth-order valence-electron chi connectivity index (χ4n) is 2.22. The Labute approximate surface area is 141 Å². The zero-order valence-electron chi connectivity index (χ0n) is 13.1. The Morgan fingerprint density at radius 1 is 1.59 bits per heavy atom. The van der Waals surface area contributed by atoms with E-state index in [-0.39, 0.29) is 12.0 Å². The smallest absolute Gasteiger partial charge is 0.248 e. The number of carbonyl (C=O) groups excluding carboxylic acids is 1. The number of amides is 1. The molecule has 0 spiro atoms. The second-order valence-corrected chi connectivity index (χ2v) is 7.52. The number of rotatable bonds is 9. The lowest BCUT2D eigenvalue weighted by molar-refractivity contribution is -0.135. The molecule has 4 nitrogen and oxygen atoms in total. The Bertz CT molecular complexity index is 419. The van der Waals surface area contributed by atoms with Gasteiger partial charge >= 0.3 is 0 Å². The molecule has 0 unspecified atom stereocenters. The van der Waals surface area contributed by atoms with Crippen LogP contribution in [0.15, 0.2) is 17.5 Å². The summed E-state index contributed by atoms with van der Waals surface area (Å²) >= 11 is 3.61. The lowest BCUT2D eigenvalue weighted by Gasteiger charge is -2.23. The molecule has 2 rings (SSSR count). The van der Waals surface area contributed by atoms with Gasteiger partial charge in [-0.3, -0.25) is 4.79 Å². The lowest BCUT2D eigenvalue weighted by Crippen LogP contribution is -2.37. The summed E-state index contributed by atoms with van der Waals surface area (Å²) in [5.41, 5.74) is 0. The number of nitrogens with one attached hydrogen (secondary N) is 1. The molecule has 124 valence electrons. The molecule has 1 aliphatic rings. The van der Waals surface area contributed by atoms with Crippen LogP contribution < -0.4 is 5.32 Å². The third kappa shape index (κ3) is 6.69. The Morgan fingerprint density at radius 2 is 2.50 bits per heavy atom. The largest absolute Gasteiger partial charge is 0.376 e. The van der Waals surface area contributed by atoms with Crippen LogP contribution in [0, 0.1) is 0 Å². The summed E-state index contributed by atoms with van der Waals surface area (Å²) in [6.07, 6.45) is 3.11. The van der Waals surface area contributed by atoms with Crippen molar-refractivity contribution in [3.05, 3.63) is 22.4 Å². The molecular weight excluding hydrogens is 318 g/mol. The maximum Gasteiger partial charge on any atom is 0.248 e. The maximum absolute atomic E-state index is 11.9. The molecule has 0 bridgehead atoms. The predicted molar refractivity (Wildman–Crippen MR) is 92.5 cm³/mol. The third-order valence-corrected chi connectivity index (χ3v) is 5.61. The van der Waals surface area contributed by atoms with Crippen LogP contribution in [-0.4, -0.2) is 43.6 Å². The quantitative estimate of drug-likeness (QED) is 0.700. The average molecular weight is 344 g/mol. The molecule has 2 atom stereocenters. The Balaban J connectivity index is 1.50. The summed E-state index contributed by atoms with van der Waals surface area (Å²) in [6, 6.07) is 4.21. The lowest BCUT2D eigenvalue weighted by atomic mass is 10.1. The van der Waals surface area contributed by atoms with Crippen molar-refractivity contribution < 1.29 is 14.3 Å². The van der Waals surface area contributed by atoms with Crippen LogP contribution in [0.1, 0.15) is 31.1 Å².